The Morgan fingerprint density at radius 2 is 2.47 bits per heavy atom. The molecule has 0 amide bonds. The smallest absolute Gasteiger partial charge is 0.322 e. The van der Waals surface area contributed by atoms with Crippen LogP contribution < -0.4 is 5.32 Å². The molecule has 0 bridgehead atoms. The Balaban J connectivity index is 2.34. The van der Waals surface area contributed by atoms with E-state index in [2.05, 4.69) is 15.5 Å². The van der Waals surface area contributed by atoms with E-state index in [4.69, 9.17) is 4.74 Å². The second kappa shape index (κ2) is 6.08. The highest BCUT2D eigenvalue weighted by Gasteiger charge is 2.12. The zero-order valence-electron chi connectivity index (χ0n) is 8.93. The number of esters is 1. The number of hydrogen-bond donors (Lipinski definition) is 1. The molecule has 1 unspecified atom stereocenters. The van der Waals surface area contributed by atoms with Crippen molar-refractivity contribution in [3.05, 3.63) is 24.0 Å². The molecule has 0 aromatic carbocycles. The van der Waals surface area contributed by atoms with E-state index in [0.717, 1.165) is 5.69 Å². The molecule has 0 aliphatic carbocycles. The largest absolute Gasteiger partial charge is 0.465 e. The molecule has 15 heavy (non-hydrogen) atoms. The Morgan fingerprint density at radius 1 is 1.67 bits per heavy atom. The highest BCUT2D eigenvalue weighted by atomic mass is 16.5. The lowest BCUT2D eigenvalue weighted by molar-refractivity contribution is -0.145. The van der Waals surface area contributed by atoms with Gasteiger partial charge in [0.05, 0.1) is 12.3 Å². The number of rotatable bonds is 5. The van der Waals surface area contributed by atoms with Crippen molar-refractivity contribution in [3.8, 4) is 0 Å². The van der Waals surface area contributed by atoms with E-state index in [0.29, 0.717) is 13.2 Å². The molecule has 1 heterocycles. The predicted octanol–water partition coefficient (Wildman–Crippen LogP) is 0.518. The molecule has 0 spiro atoms. The van der Waals surface area contributed by atoms with E-state index in [1.807, 2.05) is 6.07 Å². The van der Waals surface area contributed by atoms with Gasteiger partial charge < -0.3 is 4.74 Å². The van der Waals surface area contributed by atoms with E-state index >= 15 is 0 Å². The first kappa shape index (κ1) is 11.6. The van der Waals surface area contributed by atoms with Crippen LogP contribution in [0.5, 0.6) is 0 Å². The number of nitrogens with zero attached hydrogens (tertiary/aromatic N) is 2. The summed E-state index contributed by atoms with van der Waals surface area (Å²) in [6.07, 6.45) is 1.61. The van der Waals surface area contributed by atoms with Crippen molar-refractivity contribution in [3.63, 3.8) is 0 Å². The molecule has 0 saturated heterocycles. The third-order valence-electron chi connectivity index (χ3n) is 1.86. The molecule has 1 aromatic rings. The maximum Gasteiger partial charge on any atom is 0.322 e. The van der Waals surface area contributed by atoms with Gasteiger partial charge in [-0.15, -0.1) is 0 Å². The molecule has 0 aliphatic rings. The third-order valence-corrected chi connectivity index (χ3v) is 1.86. The monoisotopic (exact) mass is 209 g/mol. The van der Waals surface area contributed by atoms with Gasteiger partial charge in [-0.05, 0) is 26.0 Å². The van der Waals surface area contributed by atoms with Gasteiger partial charge in [0, 0.05) is 12.7 Å². The Labute approximate surface area is 88.9 Å². The molecule has 0 fully saturated rings. The number of carbonyl (C=O) groups excluding carboxylic acids is 1. The minimum Gasteiger partial charge on any atom is -0.465 e. The first-order chi connectivity index (χ1) is 7.24. The van der Waals surface area contributed by atoms with Crippen molar-refractivity contribution in [1.29, 1.82) is 0 Å². The van der Waals surface area contributed by atoms with Crippen LogP contribution in [0.3, 0.4) is 0 Å². The SMILES string of the molecule is CCOC(=O)C(C)NCc1cccnn1. The normalized spacial score (nSPS) is 12.1. The van der Waals surface area contributed by atoms with Crippen LogP contribution in [0.15, 0.2) is 18.3 Å². The highest BCUT2D eigenvalue weighted by molar-refractivity contribution is 5.75. The summed E-state index contributed by atoms with van der Waals surface area (Å²) < 4.78 is 4.85. The van der Waals surface area contributed by atoms with Crippen molar-refractivity contribution < 1.29 is 9.53 Å². The van der Waals surface area contributed by atoms with Gasteiger partial charge in [-0.1, -0.05) is 0 Å². The van der Waals surface area contributed by atoms with Gasteiger partial charge in [-0.3, -0.25) is 10.1 Å². The lowest BCUT2D eigenvalue weighted by Gasteiger charge is -2.11. The summed E-state index contributed by atoms with van der Waals surface area (Å²) in [6.45, 7) is 4.45. The summed E-state index contributed by atoms with van der Waals surface area (Å²) in [5.41, 5.74) is 0.800. The molecule has 0 radical (unpaired) electrons. The Kier molecular flexibility index (Phi) is 4.70. The molecule has 1 aromatic heterocycles. The van der Waals surface area contributed by atoms with Gasteiger partial charge in [-0.25, -0.2) is 0 Å². The van der Waals surface area contributed by atoms with E-state index in [1.54, 1.807) is 26.1 Å². The molecule has 0 aliphatic heterocycles. The molecule has 5 nitrogen and oxygen atoms in total. The second-order valence-corrected chi connectivity index (χ2v) is 3.07. The molecule has 1 rings (SSSR count). The molecular formula is C10H15N3O2. The standard InChI is InChI=1S/C10H15N3O2/c1-3-15-10(14)8(2)11-7-9-5-4-6-12-13-9/h4-6,8,11H,3,7H2,1-2H3. The van der Waals surface area contributed by atoms with E-state index in [1.165, 1.54) is 0 Å². The maximum absolute atomic E-state index is 11.2. The van der Waals surface area contributed by atoms with Crippen molar-refractivity contribution in [2.45, 2.75) is 26.4 Å². The van der Waals surface area contributed by atoms with Gasteiger partial charge >= 0.3 is 5.97 Å². The molecule has 82 valence electrons. The quantitative estimate of drug-likeness (QED) is 0.716. The van der Waals surface area contributed by atoms with Gasteiger partial charge in [0.25, 0.3) is 0 Å². The second-order valence-electron chi connectivity index (χ2n) is 3.07. The van der Waals surface area contributed by atoms with Crippen LogP contribution in [0.4, 0.5) is 0 Å². The van der Waals surface area contributed by atoms with Gasteiger partial charge in [0.15, 0.2) is 0 Å². The first-order valence-corrected chi connectivity index (χ1v) is 4.90. The number of carbonyl (C=O) groups is 1. The van der Waals surface area contributed by atoms with Crippen molar-refractivity contribution in [2.24, 2.45) is 0 Å². The van der Waals surface area contributed by atoms with E-state index < -0.39 is 0 Å². The average Bonchev–Trinajstić information content (AvgIpc) is 2.27. The lowest BCUT2D eigenvalue weighted by atomic mass is 10.3. The van der Waals surface area contributed by atoms with Crippen LogP contribution >= 0.6 is 0 Å². The fraction of sp³-hybridized carbons (Fsp3) is 0.500. The third kappa shape index (κ3) is 4.03. The summed E-state index contributed by atoms with van der Waals surface area (Å²) in [7, 11) is 0. The minimum absolute atomic E-state index is 0.249. The summed E-state index contributed by atoms with van der Waals surface area (Å²) >= 11 is 0. The summed E-state index contributed by atoms with van der Waals surface area (Å²) in [4.78, 5) is 11.2. The van der Waals surface area contributed by atoms with Crippen LogP contribution in [0.25, 0.3) is 0 Å². The topological polar surface area (TPSA) is 64.1 Å². The van der Waals surface area contributed by atoms with Crippen molar-refractivity contribution in [1.82, 2.24) is 15.5 Å². The van der Waals surface area contributed by atoms with Crippen LogP contribution in [0, 0.1) is 0 Å². The maximum atomic E-state index is 11.2. The molecule has 0 saturated carbocycles. The first-order valence-electron chi connectivity index (χ1n) is 4.90. The number of nitrogens with one attached hydrogen (secondary N) is 1. The number of hydrogen-bond acceptors (Lipinski definition) is 5. The predicted molar refractivity (Wildman–Crippen MR) is 55.0 cm³/mol. The van der Waals surface area contributed by atoms with Gasteiger partial charge in [0.2, 0.25) is 0 Å². The minimum atomic E-state index is -0.327. The van der Waals surface area contributed by atoms with Crippen LogP contribution in [-0.2, 0) is 16.1 Å². The van der Waals surface area contributed by atoms with E-state index in [-0.39, 0.29) is 12.0 Å². The van der Waals surface area contributed by atoms with Crippen molar-refractivity contribution in [2.75, 3.05) is 6.61 Å². The van der Waals surface area contributed by atoms with Crippen molar-refractivity contribution >= 4 is 5.97 Å². The van der Waals surface area contributed by atoms with Crippen LogP contribution in [-0.4, -0.2) is 28.8 Å². The molecule has 5 heteroatoms. The molecule has 1 N–H and O–H groups in total. The molecular weight excluding hydrogens is 194 g/mol. The highest BCUT2D eigenvalue weighted by Crippen LogP contribution is 1.93. The summed E-state index contributed by atoms with van der Waals surface area (Å²) in [6, 6.07) is 3.32. The van der Waals surface area contributed by atoms with Gasteiger partial charge in [0.1, 0.15) is 6.04 Å². The Bertz CT molecular complexity index is 303. The average molecular weight is 209 g/mol. The zero-order valence-corrected chi connectivity index (χ0v) is 8.93. The Morgan fingerprint density at radius 3 is 3.07 bits per heavy atom. The zero-order chi connectivity index (χ0) is 11.1. The Hall–Kier alpha value is -1.49. The fourth-order valence-electron chi connectivity index (χ4n) is 1.04. The fourth-order valence-corrected chi connectivity index (χ4v) is 1.04. The lowest BCUT2D eigenvalue weighted by Crippen LogP contribution is -2.35. The van der Waals surface area contributed by atoms with E-state index in [9.17, 15) is 4.79 Å². The summed E-state index contributed by atoms with van der Waals surface area (Å²) in [5.74, 6) is -0.249. The van der Waals surface area contributed by atoms with Crippen LogP contribution in [0.1, 0.15) is 19.5 Å². The van der Waals surface area contributed by atoms with Gasteiger partial charge in [-0.2, -0.15) is 10.2 Å². The number of ether oxygens (including phenoxy) is 1. The molecule has 1 atom stereocenters. The van der Waals surface area contributed by atoms with Crippen LogP contribution in [0.2, 0.25) is 0 Å². The summed E-state index contributed by atoms with van der Waals surface area (Å²) in [5, 5.41) is 10.6. The number of aromatic nitrogens is 2.